The molecule has 0 radical (unpaired) electrons. The van der Waals surface area contributed by atoms with Crippen molar-refractivity contribution in [3.05, 3.63) is 23.5 Å². The number of aromatic nitrogens is 3. The molecule has 1 amide bonds. The molecule has 22 heavy (non-hydrogen) atoms. The molecule has 2 aromatic heterocycles. The minimum atomic E-state index is -1.37. The summed E-state index contributed by atoms with van der Waals surface area (Å²) in [6.45, 7) is 2.11. The second-order valence-electron chi connectivity index (χ2n) is 5.45. The zero-order chi connectivity index (χ0) is 15.9. The van der Waals surface area contributed by atoms with E-state index >= 15 is 0 Å². The van der Waals surface area contributed by atoms with Gasteiger partial charge in [-0.15, -0.1) is 0 Å². The number of hydrogen-bond acceptors (Lipinski definition) is 5. The fraction of sp³-hybridized carbons (Fsp3) is 0.429. The van der Waals surface area contributed by atoms with Crippen LogP contribution in [-0.2, 0) is 16.6 Å². The molecule has 3 rings (SSSR count). The molecule has 0 bridgehead atoms. The van der Waals surface area contributed by atoms with Crippen molar-refractivity contribution in [2.45, 2.75) is 18.9 Å². The smallest absolute Gasteiger partial charge is 0.331 e. The van der Waals surface area contributed by atoms with E-state index in [4.69, 9.17) is 4.74 Å². The number of aryl methyl sites for hydroxylation is 2. The van der Waals surface area contributed by atoms with Gasteiger partial charge < -0.3 is 15.2 Å². The van der Waals surface area contributed by atoms with Crippen LogP contribution in [0.5, 0.6) is 0 Å². The SMILES string of the molecule is Cc1nn(C)c2ncc(C(=O)NC3(C(=O)O)CCOC3)cc12. The van der Waals surface area contributed by atoms with E-state index in [2.05, 4.69) is 15.4 Å². The molecule has 1 unspecified atom stereocenters. The van der Waals surface area contributed by atoms with Crippen LogP contribution in [0.3, 0.4) is 0 Å². The average Bonchev–Trinajstić information content (AvgIpc) is 3.06. The lowest BCUT2D eigenvalue weighted by molar-refractivity contribution is -0.144. The molecule has 0 saturated carbocycles. The first-order chi connectivity index (χ1) is 10.4. The number of carbonyl (C=O) groups is 2. The molecule has 0 aliphatic carbocycles. The van der Waals surface area contributed by atoms with E-state index in [-0.39, 0.29) is 13.0 Å². The van der Waals surface area contributed by atoms with Gasteiger partial charge in [0.05, 0.1) is 17.9 Å². The highest BCUT2D eigenvalue weighted by Gasteiger charge is 2.44. The van der Waals surface area contributed by atoms with Crippen molar-refractivity contribution in [3.8, 4) is 0 Å². The topological polar surface area (TPSA) is 106 Å². The van der Waals surface area contributed by atoms with Gasteiger partial charge in [0.2, 0.25) is 0 Å². The molecule has 0 spiro atoms. The van der Waals surface area contributed by atoms with Gasteiger partial charge in [0.15, 0.2) is 11.2 Å². The summed E-state index contributed by atoms with van der Waals surface area (Å²) < 4.78 is 6.76. The van der Waals surface area contributed by atoms with E-state index in [1.54, 1.807) is 17.8 Å². The highest BCUT2D eigenvalue weighted by atomic mass is 16.5. The Morgan fingerprint density at radius 1 is 1.50 bits per heavy atom. The third-order valence-electron chi connectivity index (χ3n) is 3.91. The van der Waals surface area contributed by atoms with E-state index in [0.29, 0.717) is 17.8 Å². The molecular weight excluding hydrogens is 288 g/mol. The molecule has 1 aliphatic heterocycles. The Morgan fingerprint density at radius 3 is 2.91 bits per heavy atom. The standard InChI is InChI=1S/C14H16N4O4/c1-8-10-5-9(6-15-11(10)18(2)17-8)12(19)16-14(13(20)21)3-4-22-7-14/h5-6H,3-4,7H2,1-2H3,(H,16,19)(H,20,21). The Bertz CT molecular complexity index is 762. The quantitative estimate of drug-likeness (QED) is 0.842. The summed E-state index contributed by atoms with van der Waals surface area (Å²) in [6, 6.07) is 1.67. The number of rotatable bonds is 3. The van der Waals surface area contributed by atoms with Crippen LogP contribution in [0.15, 0.2) is 12.3 Å². The van der Waals surface area contributed by atoms with Crippen molar-refractivity contribution in [1.82, 2.24) is 20.1 Å². The van der Waals surface area contributed by atoms with Crippen molar-refractivity contribution >= 4 is 22.9 Å². The van der Waals surface area contributed by atoms with Gasteiger partial charge in [0, 0.05) is 31.7 Å². The van der Waals surface area contributed by atoms with Crippen LogP contribution in [0.4, 0.5) is 0 Å². The molecule has 2 N–H and O–H groups in total. The zero-order valence-corrected chi connectivity index (χ0v) is 12.3. The van der Waals surface area contributed by atoms with Crippen LogP contribution >= 0.6 is 0 Å². The second kappa shape index (κ2) is 5.06. The number of carbonyl (C=O) groups excluding carboxylic acids is 1. The number of nitrogens with one attached hydrogen (secondary N) is 1. The number of aliphatic carboxylic acids is 1. The fourth-order valence-electron chi connectivity index (χ4n) is 2.61. The number of carboxylic acid groups (broad SMARTS) is 1. The molecular formula is C14H16N4O4. The van der Waals surface area contributed by atoms with E-state index in [9.17, 15) is 14.7 Å². The molecule has 8 heteroatoms. The highest BCUT2D eigenvalue weighted by Crippen LogP contribution is 2.21. The fourth-order valence-corrected chi connectivity index (χ4v) is 2.61. The maximum Gasteiger partial charge on any atom is 0.331 e. The Morgan fingerprint density at radius 2 is 2.27 bits per heavy atom. The number of fused-ring (bicyclic) bond motifs is 1. The Hall–Kier alpha value is -2.48. The van der Waals surface area contributed by atoms with Gasteiger partial charge in [0.1, 0.15) is 0 Å². The molecule has 1 saturated heterocycles. The molecule has 116 valence electrons. The molecule has 2 aromatic rings. The van der Waals surface area contributed by atoms with Gasteiger partial charge in [-0.1, -0.05) is 0 Å². The van der Waals surface area contributed by atoms with E-state index in [0.717, 1.165) is 11.1 Å². The van der Waals surface area contributed by atoms with Crippen molar-refractivity contribution in [2.75, 3.05) is 13.2 Å². The predicted molar refractivity (Wildman–Crippen MR) is 76.5 cm³/mol. The van der Waals surface area contributed by atoms with Gasteiger partial charge in [-0.2, -0.15) is 5.10 Å². The Labute approximate surface area is 126 Å². The maximum atomic E-state index is 12.4. The first-order valence-electron chi connectivity index (χ1n) is 6.86. The van der Waals surface area contributed by atoms with Gasteiger partial charge in [-0.05, 0) is 13.0 Å². The Kier molecular flexibility index (Phi) is 3.32. The summed E-state index contributed by atoms with van der Waals surface area (Å²) in [6.07, 6.45) is 1.67. The highest BCUT2D eigenvalue weighted by molar-refractivity contribution is 6.00. The van der Waals surface area contributed by atoms with Crippen molar-refractivity contribution < 1.29 is 19.4 Å². The molecule has 3 heterocycles. The van der Waals surface area contributed by atoms with Gasteiger partial charge in [-0.3, -0.25) is 9.48 Å². The van der Waals surface area contributed by atoms with Gasteiger partial charge in [0.25, 0.3) is 5.91 Å². The predicted octanol–water partition coefficient (Wildman–Crippen LogP) is 0.250. The van der Waals surface area contributed by atoms with Crippen LogP contribution in [0.2, 0.25) is 0 Å². The van der Waals surface area contributed by atoms with E-state index < -0.39 is 17.4 Å². The van der Waals surface area contributed by atoms with E-state index in [1.165, 1.54) is 6.20 Å². The number of amides is 1. The van der Waals surface area contributed by atoms with Crippen molar-refractivity contribution in [1.29, 1.82) is 0 Å². The maximum absolute atomic E-state index is 12.4. The summed E-state index contributed by atoms with van der Waals surface area (Å²) >= 11 is 0. The summed E-state index contributed by atoms with van der Waals surface area (Å²) in [4.78, 5) is 28.0. The zero-order valence-electron chi connectivity index (χ0n) is 12.3. The number of ether oxygens (including phenoxy) is 1. The van der Waals surface area contributed by atoms with Gasteiger partial charge >= 0.3 is 5.97 Å². The minimum absolute atomic E-state index is 0.0321. The van der Waals surface area contributed by atoms with Gasteiger partial charge in [-0.25, -0.2) is 9.78 Å². The van der Waals surface area contributed by atoms with Crippen LogP contribution in [0.1, 0.15) is 22.5 Å². The van der Waals surface area contributed by atoms with Crippen molar-refractivity contribution in [2.24, 2.45) is 7.05 Å². The third kappa shape index (κ3) is 2.21. The number of pyridine rings is 1. The Balaban J connectivity index is 1.92. The summed E-state index contributed by atoms with van der Waals surface area (Å²) in [7, 11) is 1.78. The third-order valence-corrected chi connectivity index (χ3v) is 3.91. The molecule has 8 nitrogen and oxygen atoms in total. The van der Waals surface area contributed by atoms with Crippen LogP contribution in [0.25, 0.3) is 11.0 Å². The lowest BCUT2D eigenvalue weighted by Crippen LogP contribution is -2.55. The molecule has 1 atom stereocenters. The number of hydrogen-bond donors (Lipinski definition) is 2. The first kappa shape index (κ1) is 14.5. The normalized spacial score (nSPS) is 21.2. The molecule has 0 aromatic carbocycles. The summed E-state index contributed by atoms with van der Waals surface area (Å²) in [5.74, 6) is -1.57. The summed E-state index contributed by atoms with van der Waals surface area (Å²) in [5.41, 5.74) is 0.370. The lowest BCUT2D eigenvalue weighted by Gasteiger charge is -2.23. The second-order valence-corrected chi connectivity index (χ2v) is 5.45. The monoisotopic (exact) mass is 304 g/mol. The average molecular weight is 304 g/mol. The number of nitrogens with zero attached hydrogens (tertiary/aromatic N) is 3. The summed E-state index contributed by atoms with van der Waals surface area (Å²) in [5, 5.41) is 16.9. The largest absolute Gasteiger partial charge is 0.479 e. The van der Waals surface area contributed by atoms with E-state index in [1.807, 2.05) is 6.92 Å². The van der Waals surface area contributed by atoms with Crippen LogP contribution in [0, 0.1) is 6.92 Å². The van der Waals surface area contributed by atoms with Crippen LogP contribution < -0.4 is 5.32 Å². The van der Waals surface area contributed by atoms with Crippen LogP contribution in [-0.4, -0.2) is 50.5 Å². The number of carboxylic acids is 1. The molecule has 1 fully saturated rings. The lowest BCUT2D eigenvalue weighted by atomic mass is 9.98. The first-order valence-corrected chi connectivity index (χ1v) is 6.86. The van der Waals surface area contributed by atoms with Crippen molar-refractivity contribution in [3.63, 3.8) is 0 Å². The molecule has 1 aliphatic rings. The minimum Gasteiger partial charge on any atom is -0.479 e.